The fraction of sp³-hybridized carbons (Fsp3) is 0.214. The zero-order valence-corrected chi connectivity index (χ0v) is 10.5. The molecule has 1 N–H and O–H groups in total. The number of benzene rings is 1. The summed E-state index contributed by atoms with van der Waals surface area (Å²) in [5.74, 6) is 0. The minimum absolute atomic E-state index is 0.453. The lowest BCUT2D eigenvalue weighted by molar-refractivity contribution is 0.169. The summed E-state index contributed by atoms with van der Waals surface area (Å²) < 4.78 is 0. The van der Waals surface area contributed by atoms with Gasteiger partial charge in [-0.3, -0.25) is 4.98 Å². The Morgan fingerprint density at radius 3 is 2.47 bits per heavy atom. The van der Waals surface area contributed by atoms with Crippen LogP contribution in [0.3, 0.4) is 0 Å². The molecule has 2 rings (SSSR count). The van der Waals surface area contributed by atoms with Crippen molar-refractivity contribution in [2.75, 3.05) is 0 Å². The Morgan fingerprint density at radius 2 is 1.88 bits per heavy atom. The largest absolute Gasteiger partial charge is 0.387 e. The third-order valence-corrected chi connectivity index (χ3v) is 3.45. The molecule has 1 atom stereocenters. The predicted molar refractivity (Wildman–Crippen MR) is 70.1 cm³/mol. The Labute approximate surface area is 106 Å². The van der Waals surface area contributed by atoms with E-state index < -0.39 is 6.10 Å². The van der Waals surface area contributed by atoms with Gasteiger partial charge in [0.2, 0.25) is 0 Å². The van der Waals surface area contributed by atoms with Crippen molar-refractivity contribution >= 4 is 11.8 Å². The lowest BCUT2D eigenvalue weighted by atomic mass is 10.2. The summed E-state index contributed by atoms with van der Waals surface area (Å²) in [6.07, 6.45) is 2.05. The van der Waals surface area contributed by atoms with Crippen molar-refractivity contribution in [2.24, 2.45) is 0 Å². The van der Waals surface area contributed by atoms with Crippen molar-refractivity contribution < 1.29 is 5.11 Å². The highest BCUT2D eigenvalue weighted by Gasteiger charge is 2.06. The first-order chi connectivity index (χ1) is 8.29. The molecule has 0 radical (unpaired) electrons. The predicted octanol–water partition coefficient (Wildman–Crippen LogP) is 3.68. The van der Waals surface area contributed by atoms with Gasteiger partial charge in [0.05, 0.1) is 11.8 Å². The van der Waals surface area contributed by atoms with E-state index in [2.05, 4.69) is 17.1 Å². The van der Waals surface area contributed by atoms with E-state index in [0.29, 0.717) is 6.42 Å². The normalized spacial score (nSPS) is 12.4. The average molecular weight is 245 g/mol. The monoisotopic (exact) mass is 245 g/mol. The van der Waals surface area contributed by atoms with Crippen LogP contribution >= 0.6 is 11.8 Å². The number of hydrogen-bond acceptors (Lipinski definition) is 3. The Balaban J connectivity index is 2.08. The number of hydrogen-bond donors (Lipinski definition) is 1. The second-order valence-electron chi connectivity index (χ2n) is 3.76. The molecule has 2 nitrogen and oxygen atoms in total. The molecular formula is C14H15NOS. The Kier molecular flexibility index (Phi) is 4.18. The SMILES string of the molecule is CC[C@H](O)c1ccc(Sc2ccccc2)cn1. The van der Waals surface area contributed by atoms with E-state index in [1.807, 2.05) is 43.5 Å². The van der Waals surface area contributed by atoms with Crippen LogP contribution in [-0.2, 0) is 0 Å². The van der Waals surface area contributed by atoms with E-state index in [0.717, 1.165) is 10.6 Å². The maximum atomic E-state index is 9.64. The van der Waals surface area contributed by atoms with Crippen LogP contribution in [0.1, 0.15) is 25.1 Å². The van der Waals surface area contributed by atoms with Crippen molar-refractivity contribution in [3.63, 3.8) is 0 Å². The summed E-state index contributed by atoms with van der Waals surface area (Å²) in [6, 6.07) is 14.1. The van der Waals surface area contributed by atoms with Crippen LogP contribution in [-0.4, -0.2) is 10.1 Å². The molecule has 0 unspecified atom stereocenters. The standard InChI is InChI=1S/C14H15NOS/c1-2-14(16)13-9-8-12(10-15-13)17-11-6-4-3-5-7-11/h3-10,14,16H,2H2,1H3/t14-/m0/s1. The second-order valence-corrected chi connectivity index (χ2v) is 4.90. The van der Waals surface area contributed by atoms with Gasteiger partial charge in [-0.2, -0.15) is 0 Å². The van der Waals surface area contributed by atoms with Gasteiger partial charge < -0.3 is 5.11 Å². The maximum Gasteiger partial charge on any atom is 0.0957 e. The zero-order chi connectivity index (χ0) is 12.1. The second kappa shape index (κ2) is 5.84. The number of nitrogens with zero attached hydrogens (tertiary/aromatic N) is 1. The number of pyridine rings is 1. The van der Waals surface area contributed by atoms with Crippen LogP contribution < -0.4 is 0 Å². The molecule has 17 heavy (non-hydrogen) atoms. The summed E-state index contributed by atoms with van der Waals surface area (Å²) in [5, 5.41) is 9.64. The van der Waals surface area contributed by atoms with Gasteiger partial charge in [0.25, 0.3) is 0 Å². The Hall–Kier alpha value is -1.32. The van der Waals surface area contributed by atoms with E-state index in [-0.39, 0.29) is 0 Å². The minimum atomic E-state index is -0.453. The third kappa shape index (κ3) is 3.32. The summed E-state index contributed by atoms with van der Waals surface area (Å²) in [4.78, 5) is 6.55. The maximum absolute atomic E-state index is 9.64. The minimum Gasteiger partial charge on any atom is -0.387 e. The molecule has 0 saturated carbocycles. The van der Waals surface area contributed by atoms with Gasteiger partial charge >= 0.3 is 0 Å². The highest BCUT2D eigenvalue weighted by Crippen LogP contribution is 2.27. The van der Waals surface area contributed by atoms with Crippen molar-refractivity contribution in [2.45, 2.75) is 29.2 Å². The van der Waals surface area contributed by atoms with Crippen LogP contribution in [0.15, 0.2) is 58.5 Å². The Bertz CT molecular complexity index is 455. The lowest BCUT2D eigenvalue weighted by Crippen LogP contribution is -1.97. The van der Waals surface area contributed by atoms with Crippen molar-refractivity contribution in [1.82, 2.24) is 4.98 Å². The van der Waals surface area contributed by atoms with Crippen molar-refractivity contribution in [3.8, 4) is 0 Å². The zero-order valence-electron chi connectivity index (χ0n) is 9.71. The number of aromatic nitrogens is 1. The smallest absolute Gasteiger partial charge is 0.0957 e. The molecule has 0 amide bonds. The first-order valence-electron chi connectivity index (χ1n) is 5.66. The highest BCUT2D eigenvalue weighted by atomic mass is 32.2. The third-order valence-electron chi connectivity index (χ3n) is 2.47. The van der Waals surface area contributed by atoms with Crippen LogP contribution in [0.4, 0.5) is 0 Å². The van der Waals surface area contributed by atoms with E-state index in [1.165, 1.54) is 4.90 Å². The molecule has 1 aromatic carbocycles. The van der Waals surface area contributed by atoms with Crippen molar-refractivity contribution in [3.05, 3.63) is 54.4 Å². The molecule has 0 spiro atoms. The summed E-state index contributed by atoms with van der Waals surface area (Å²) in [7, 11) is 0. The fourth-order valence-corrected chi connectivity index (χ4v) is 2.29. The molecule has 2 aromatic rings. The fourth-order valence-electron chi connectivity index (χ4n) is 1.48. The van der Waals surface area contributed by atoms with E-state index in [9.17, 15) is 5.11 Å². The highest BCUT2D eigenvalue weighted by molar-refractivity contribution is 7.99. The van der Waals surface area contributed by atoms with E-state index in [1.54, 1.807) is 11.8 Å². The summed E-state index contributed by atoms with van der Waals surface area (Å²) >= 11 is 1.67. The topological polar surface area (TPSA) is 33.1 Å². The van der Waals surface area contributed by atoms with Crippen LogP contribution in [0.2, 0.25) is 0 Å². The Morgan fingerprint density at radius 1 is 1.12 bits per heavy atom. The van der Waals surface area contributed by atoms with Gasteiger partial charge in [-0.15, -0.1) is 0 Å². The van der Waals surface area contributed by atoms with Gasteiger partial charge in [-0.1, -0.05) is 36.9 Å². The molecule has 3 heteroatoms. The molecule has 1 aromatic heterocycles. The first kappa shape index (κ1) is 12.1. The van der Waals surface area contributed by atoms with Crippen LogP contribution in [0, 0.1) is 0 Å². The molecule has 0 saturated heterocycles. The molecule has 0 aliphatic carbocycles. The van der Waals surface area contributed by atoms with Gasteiger partial charge in [0.1, 0.15) is 0 Å². The molecule has 0 aliphatic heterocycles. The molecule has 1 heterocycles. The quantitative estimate of drug-likeness (QED) is 0.892. The van der Waals surface area contributed by atoms with Gasteiger partial charge in [-0.05, 0) is 30.7 Å². The van der Waals surface area contributed by atoms with Crippen molar-refractivity contribution in [1.29, 1.82) is 0 Å². The van der Waals surface area contributed by atoms with E-state index >= 15 is 0 Å². The summed E-state index contributed by atoms with van der Waals surface area (Å²) in [6.45, 7) is 1.94. The molecule has 88 valence electrons. The molecule has 0 fully saturated rings. The van der Waals surface area contributed by atoms with Crippen LogP contribution in [0.25, 0.3) is 0 Å². The van der Waals surface area contributed by atoms with Gasteiger partial charge in [-0.25, -0.2) is 0 Å². The van der Waals surface area contributed by atoms with Gasteiger partial charge in [0, 0.05) is 16.0 Å². The number of rotatable bonds is 4. The number of aliphatic hydroxyl groups excluding tert-OH is 1. The number of aliphatic hydroxyl groups is 1. The summed E-state index contributed by atoms with van der Waals surface area (Å²) in [5.41, 5.74) is 0.741. The first-order valence-corrected chi connectivity index (χ1v) is 6.48. The van der Waals surface area contributed by atoms with Crippen LogP contribution in [0.5, 0.6) is 0 Å². The van der Waals surface area contributed by atoms with Gasteiger partial charge in [0.15, 0.2) is 0 Å². The van der Waals surface area contributed by atoms with E-state index in [4.69, 9.17) is 0 Å². The molecular weight excluding hydrogens is 230 g/mol. The molecule has 0 aliphatic rings. The average Bonchev–Trinajstić information content (AvgIpc) is 2.40. The molecule has 0 bridgehead atoms. The lowest BCUT2D eigenvalue weighted by Gasteiger charge is -2.07.